The fourth-order valence-corrected chi connectivity index (χ4v) is 2.55. The molecule has 11 heavy (non-hydrogen) atoms. The summed E-state index contributed by atoms with van der Waals surface area (Å²) in [6, 6.07) is -0.234. The van der Waals surface area contributed by atoms with Crippen LogP contribution in [-0.2, 0) is 4.74 Å². The van der Waals surface area contributed by atoms with Crippen molar-refractivity contribution in [1.29, 1.82) is 0 Å². The third-order valence-electron chi connectivity index (χ3n) is 2.07. The van der Waals surface area contributed by atoms with Crippen molar-refractivity contribution in [2.24, 2.45) is 5.73 Å². The van der Waals surface area contributed by atoms with E-state index in [1.165, 1.54) is 0 Å². The molecule has 2 atom stereocenters. The van der Waals surface area contributed by atoms with Crippen molar-refractivity contribution < 1.29 is 9.84 Å². The number of aliphatic hydroxyl groups is 1. The van der Waals surface area contributed by atoms with Crippen molar-refractivity contribution >= 4 is 11.8 Å². The Morgan fingerprint density at radius 3 is 3.00 bits per heavy atom. The summed E-state index contributed by atoms with van der Waals surface area (Å²) in [5.74, 6) is 1.76. The van der Waals surface area contributed by atoms with E-state index in [1.807, 2.05) is 0 Å². The fraction of sp³-hybridized carbons (Fsp3) is 1.00. The Hall–Kier alpha value is 0.230. The van der Waals surface area contributed by atoms with E-state index in [0.717, 1.165) is 17.9 Å². The first-order valence-electron chi connectivity index (χ1n) is 3.74. The zero-order chi connectivity index (χ0) is 8.32. The molecule has 0 amide bonds. The molecule has 0 aromatic heterocycles. The van der Waals surface area contributed by atoms with Crippen LogP contribution >= 0.6 is 11.8 Å². The van der Waals surface area contributed by atoms with Gasteiger partial charge in [-0.3, -0.25) is 0 Å². The SMILES string of the molecule is COCC(N)C1(O)CCSC1. The summed E-state index contributed by atoms with van der Waals surface area (Å²) in [5, 5.41) is 9.87. The summed E-state index contributed by atoms with van der Waals surface area (Å²) in [5.41, 5.74) is 5.06. The predicted molar refractivity (Wildman–Crippen MR) is 46.7 cm³/mol. The Balaban J connectivity index is 2.42. The lowest BCUT2D eigenvalue weighted by Crippen LogP contribution is -2.50. The van der Waals surface area contributed by atoms with Crippen LogP contribution in [-0.4, -0.2) is 42.0 Å². The van der Waals surface area contributed by atoms with Crippen molar-refractivity contribution in [3.05, 3.63) is 0 Å². The molecule has 0 spiro atoms. The lowest BCUT2D eigenvalue weighted by molar-refractivity contribution is 0.0107. The Labute approximate surface area is 71.3 Å². The van der Waals surface area contributed by atoms with E-state index in [0.29, 0.717) is 6.61 Å². The van der Waals surface area contributed by atoms with Crippen LogP contribution in [0.4, 0.5) is 0 Å². The Bertz CT molecular complexity index is 126. The summed E-state index contributed by atoms with van der Waals surface area (Å²) in [6.07, 6.45) is 0.794. The van der Waals surface area contributed by atoms with Gasteiger partial charge in [-0.05, 0) is 12.2 Å². The summed E-state index contributed by atoms with van der Waals surface area (Å²) < 4.78 is 4.89. The molecule has 4 heteroatoms. The van der Waals surface area contributed by atoms with Crippen molar-refractivity contribution in [2.45, 2.75) is 18.1 Å². The monoisotopic (exact) mass is 177 g/mol. The van der Waals surface area contributed by atoms with Crippen molar-refractivity contribution in [3.63, 3.8) is 0 Å². The van der Waals surface area contributed by atoms with Gasteiger partial charge in [-0.25, -0.2) is 0 Å². The Morgan fingerprint density at radius 1 is 1.82 bits per heavy atom. The van der Waals surface area contributed by atoms with Crippen molar-refractivity contribution in [2.75, 3.05) is 25.2 Å². The smallest absolute Gasteiger partial charge is 0.0918 e. The van der Waals surface area contributed by atoms with Gasteiger partial charge in [0.15, 0.2) is 0 Å². The van der Waals surface area contributed by atoms with Crippen LogP contribution in [0.2, 0.25) is 0 Å². The number of thioether (sulfide) groups is 1. The molecule has 0 aromatic carbocycles. The van der Waals surface area contributed by atoms with Crippen molar-refractivity contribution in [1.82, 2.24) is 0 Å². The number of nitrogens with two attached hydrogens (primary N) is 1. The van der Waals surface area contributed by atoms with Crippen LogP contribution in [0.25, 0.3) is 0 Å². The first-order valence-corrected chi connectivity index (χ1v) is 4.89. The van der Waals surface area contributed by atoms with Gasteiger partial charge in [-0.1, -0.05) is 0 Å². The third kappa shape index (κ3) is 2.08. The highest BCUT2D eigenvalue weighted by atomic mass is 32.2. The second-order valence-corrected chi connectivity index (χ2v) is 4.07. The van der Waals surface area contributed by atoms with Crippen molar-refractivity contribution in [3.8, 4) is 0 Å². The fourth-order valence-electron chi connectivity index (χ4n) is 1.20. The Kier molecular flexibility index (Phi) is 3.18. The minimum atomic E-state index is -0.680. The Morgan fingerprint density at radius 2 is 2.55 bits per heavy atom. The van der Waals surface area contributed by atoms with Gasteiger partial charge >= 0.3 is 0 Å². The maximum Gasteiger partial charge on any atom is 0.0918 e. The third-order valence-corrected chi connectivity index (χ3v) is 3.26. The van der Waals surface area contributed by atoms with Gasteiger partial charge in [0, 0.05) is 12.9 Å². The van der Waals surface area contributed by atoms with Gasteiger partial charge < -0.3 is 15.6 Å². The molecule has 3 nitrogen and oxygen atoms in total. The minimum Gasteiger partial charge on any atom is -0.387 e. The topological polar surface area (TPSA) is 55.5 Å². The van der Waals surface area contributed by atoms with Gasteiger partial charge in [-0.2, -0.15) is 11.8 Å². The second kappa shape index (κ2) is 3.76. The summed E-state index contributed by atoms with van der Waals surface area (Å²) in [6.45, 7) is 0.442. The molecule has 1 fully saturated rings. The van der Waals surface area contributed by atoms with Gasteiger partial charge in [0.1, 0.15) is 0 Å². The summed E-state index contributed by atoms with van der Waals surface area (Å²) in [7, 11) is 1.60. The summed E-state index contributed by atoms with van der Waals surface area (Å²) >= 11 is 1.75. The average molecular weight is 177 g/mol. The maximum absolute atomic E-state index is 9.87. The largest absolute Gasteiger partial charge is 0.387 e. The second-order valence-electron chi connectivity index (χ2n) is 2.97. The molecule has 66 valence electrons. The lowest BCUT2D eigenvalue weighted by atomic mass is 9.95. The molecule has 1 rings (SSSR count). The van der Waals surface area contributed by atoms with Crippen LogP contribution in [0.1, 0.15) is 6.42 Å². The lowest BCUT2D eigenvalue weighted by Gasteiger charge is -2.27. The molecule has 0 radical (unpaired) electrons. The highest BCUT2D eigenvalue weighted by Gasteiger charge is 2.37. The van der Waals surface area contributed by atoms with E-state index in [1.54, 1.807) is 18.9 Å². The average Bonchev–Trinajstić information content (AvgIpc) is 2.38. The molecular formula is C7H15NO2S. The van der Waals surface area contributed by atoms with Crippen LogP contribution in [0, 0.1) is 0 Å². The van der Waals surface area contributed by atoms with E-state index in [9.17, 15) is 5.11 Å². The van der Waals surface area contributed by atoms with E-state index in [4.69, 9.17) is 10.5 Å². The zero-order valence-corrected chi connectivity index (χ0v) is 7.56. The first kappa shape index (κ1) is 9.32. The van der Waals surface area contributed by atoms with Gasteiger partial charge in [0.05, 0.1) is 18.2 Å². The number of hydrogen-bond donors (Lipinski definition) is 2. The highest BCUT2D eigenvalue weighted by Crippen LogP contribution is 2.29. The molecule has 0 saturated carbocycles. The first-order chi connectivity index (χ1) is 5.19. The zero-order valence-electron chi connectivity index (χ0n) is 6.75. The van der Waals surface area contributed by atoms with Crippen LogP contribution in [0.5, 0.6) is 0 Å². The van der Waals surface area contributed by atoms with Gasteiger partial charge in [0.2, 0.25) is 0 Å². The standard InChI is InChI=1S/C7H15NO2S/c1-10-4-6(8)7(9)2-3-11-5-7/h6,9H,2-5,8H2,1H3. The quantitative estimate of drug-likeness (QED) is 0.628. The van der Waals surface area contributed by atoms with E-state index in [2.05, 4.69) is 0 Å². The molecule has 0 aliphatic carbocycles. The number of ether oxygens (including phenoxy) is 1. The molecule has 1 aliphatic heterocycles. The molecule has 1 heterocycles. The van der Waals surface area contributed by atoms with E-state index in [-0.39, 0.29) is 6.04 Å². The molecule has 2 unspecified atom stereocenters. The van der Waals surface area contributed by atoms with Crippen LogP contribution < -0.4 is 5.73 Å². The maximum atomic E-state index is 9.87. The minimum absolute atomic E-state index is 0.234. The number of hydrogen-bond acceptors (Lipinski definition) is 4. The molecule has 1 aliphatic rings. The van der Waals surface area contributed by atoms with Crippen LogP contribution in [0.3, 0.4) is 0 Å². The molecule has 1 saturated heterocycles. The molecular weight excluding hydrogens is 162 g/mol. The van der Waals surface area contributed by atoms with E-state index < -0.39 is 5.60 Å². The molecule has 3 N–H and O–H groups in total. The van der Waals surface area contributed by atoms with Gasteiger partial charge in [-0.15, -0.1) is 0 Å². The normalized spacial score (nSPS) is 34.1. The van der Waals surface area contributed by atoms with E-state index >= 15 is 0 Å². The number of rotatable bonds is 3. The molecule has 0 bridgehead atoms. The number of methoxy groups -OCH3 is 1. The van der Waals surface area contributed by atoms with Gasteiger partial charge in [0.25, 0.3) is 0 Å². The summed E-state index contributed by atoms with van der Waals surface area (Å²) in [4.78, 5) is 0. The molecule has 0 aromatic rings. The predicted octanol–water partition coefficient (Wildman–Crippen LogP) is -0.172. The highest BCUT2D eigenvalue weighted by molar-refractivity contribution is 7.99. The van der Waals surface area contributed by atoms with Crippen LogP contribution in [0.15, 0.2) is 0 Å².